The van der Waals surface area contributed by atoms with Gasteiger partial charge in [0.1, 0.15) is 6.04 Å². The molecule has 29 heavy (non-hydrogen) atoms. The molecule has 0 spiro atoms. The van der Waals surface area contributed by atoms with Crippen molar-refractivity contribution in [2.75, 3.05) is 12.4 Å². The Morgan fingerprint density at radius 3 is 2.66 bits per heavy atom. The molecule has 152 valence electrons. The topological polar surface area (TPSA) is 81.9 Å². The van der Waals surface area contributed by atoms with E-state index < -0.39 is 0 Å². The van der Waals surface area contributed by atoms with Crippen LogP contribution in [0.25, 0.3) is 0 Å². The molecular weight excluding hydrogens is 366 g/mol. The van der Waals surface area contributed by atoms with Crippen molar-refractivity contribution in [3.8, 4) is 0 Å². The molecule has 3 aliphatic rings. The van der Waals surface area contributed by atoms with Crippen LogP contribution in [0.1, 0.15) is 73.3 Å². The van der Waals surface area contributed by atoms with Gasteiger partial charge in [-0.3, -0.25) is 0 Å². The summed E-state index contributed by atoms with van der Waals surface area (Å²) in [4.78, 5) is 11.8. The zero-order valence-electron chi connectivity index (χ0n) is 16.8. The van der Waals surface area contributed by atoms with Gasteiger partial charge in [0.15, 0.2) is 0 Å². The van der Waals surface area contributed by atoms with Crippen LogP contribution in [-0.4, -0.2) is 33.3 Å². The summed E-state index contributed by atoms with van der Waals surface area (Å²) in [6.07, 6.45) is 10.2. The second-order valence-electron chi connectivity index (χ2n) is 8.42. The number of nitrogens with one attached hydrogen (secondary N) is 1. The number of allylic oxidation sites excluding steroid dienone is 2. The Morgan fingerprint density at radius 2 is 1.90 bits per heavy atom. The van der Waals surface area contributed by atoms with Crippen molar-refractivity contribution in [2.24, 2.45) is 11.8 Å². The molecule has 2 aromatic rings. The number of aromatic nitrogens is 4. The lowest BCUT2D eigenvalue weighted by atomic mass is 9.71. The van der Waals surface area contributed by atoms with Crippen molar-refractivity contribution in [1.29, 1.82) is 0 Å². The van der Waals surface area contributed by atoms with Crippen LogP contribution in [0.3, 0.4) is 0 Å². The second kappa shape index (κ2) is 7.61. The Labute approximate surface area is 170 Å². The fraction of sp³-hybridized carbons (Fsp3) is 0.545. The van der Waals surface area contributed by atoms with Gasteiger partial charge in [0.2, 0.25) is 5.95 Å². The standard InChI is InChI=1S/C22H27N5O2/c1-29-21(28)16-12-10-15(11-13-16)20-18-9-5-8-17(14-6-3-2-4-7-14)19(18)23-22-24-25-26-27(20)22/h10-14,17,20H,2-9H2,1H3,(H,23,24,26)/t17-,20+/m0/s1. The van der Waals surface area contributed by atoms with Crippen molar-refractivity contribution in [3.63, 3.8) is 0 Å². The van der Waals surface area contributed by atoms with Gasteiger partial charge in [0.25, 0.3) is 0 Å². The van der Waals surface area contributed by atoms with E-state index in [0.717, 1.165) is 17.9 Å². The number of carbonyl (C=O) groups excluding carboxylic acids is 1. The number of fused-ring (bicyclic) bond motifs is 1. The van der Waals surface area contributed by atoms with Gasteiger partial charge in [-0.1, -0.05) is 36.5 Å². The highest BCUT2D eigenvalue weighted by Crippen LogP contribution is 2.47. The summed E-state index contributed by atoms with van der Waals surface area (Å²) in [5, 5.41) is 16.1. The third-order valence-corrected chi connectivity index (χ3v) is 6.86. The number of methoxy groups -OCH3 is 1. The molecule has 1 fully saturated rings. The predicted octanol–water partition coefficient (Wildman–Crippen LogP) is 4.11. The Kier molecular flexibility index (Phi) is 4.81. The Hall–Kier alpha value is -2.70. The van der Waals surface area contributed by atoms with Gasteiger partial charge in [0, 0.05) is 11.6 Å². The maximum Gasteiger partial charge on any atom is 0.337 e. The van der Waals surface area contributed by atoms with Crippen LogP contribution >= 0.6 is 0 Å². The van der Waals surface area contributed by atoms with E-state index in [1.807, 2.05) is 28.9 Å². The predicted molar refractivity (Wildman–Crippen MR) is 108 cm³/mol. The highest BCUT2D eigenvalue weighted by Gasteiger charge is 2.38. The van der Waals surface area contributed by atoms with Gasteiger partial charge in [-0.05, 0) is 71.7 Å². The van der Waals surface area contributed by atoms with E-state index >= 15 is 0 Å². The van der Waals surface area contributed by atoms with Crippen LogP contribution in [-0.2, 0) is 4.74 Å². The molecule has 1 aromatic heterocycles. The summed E-state index contributed by atoms with van der Waals surface area (Å²) in [5.41, 5.74) is 4.41. The average Bonchev–Trinajstić information content (AvgIpc) is 3.25. The van der Waals surface area contributed by atoms with Crippen molar-refractivity contribution in [3.05, 3.63) is 46.7 Å². The number of benzene rings is 1. The molecular formula is C22H27N5O2. The molecule has 1 N–H and O–H groups in total. The minimum Gasteiger partial charge on any atom is -0.465 e. The molecule has 0 unspecified atom stereocenters. The van der Waals surface area contributed by atoms with E-state index in [2.05, 4.69) is 20.8 Å². The molecule has 7 heteroatoms. The van der Waals surface area contributed by atoms with E-state index in [9.17, 15) is 4.79 Å². The SMILES string of the molecule is COC(=O)c1ccc([C@@H]2C3=C(Nc4nnnn42)[C@H](C2CCCCC2)CCC3)cc1. The molecule has 2 heterocycles. The quantitative estimate of drug-likeness (QED) is 0.791. The average molecular weight is 393 g/mol. The molecule has 2 aliphatic carbocycles. The van der Waals surface area contributed by atoms with E-state index in [-0.39, 0.29) is 12.0 Å². The number of esters is 1. The van der Waals surface area contributed by atoms with E-state index in [4.69, 9.17) is 4.74 Å². The smallest absolute Gasteiger partial charge is 0.337 e. The Bertz CT molecular complexity index is 927. The van der Waals surface area contributed by atoms with Crippen LogP contribution in [0.15, 0.2) is 35.5 Å². The lowest BCUT2D eigenvalue weighted by Gasteiger charge is -2.40. The summed E-state index contributed by atoms with van der Waals surface area (Å²) in [6, 6.07) is 7.64. The molecule has 2 atom stereocenters. The normalized spacial score (nSPS) is 24.4. The van der Waals surface area contributed by atoms with Crippen LogP contribution in [0, 0.1) is 11.8 Å². The molecule has 0 saturated heterocycles. The summed E-state index contributed by atoms with van der Waals surface area (Å²) in [6.45, 7) is 0. The van der Waals surface area contributed by atoms with Gasteiger partial charge in [0.05, 0.1) is 12.7 Å². The second-order valence-corrected chi connectivity index (χ2v) is 8.42. The van der Waals surface area contributed by atoms with Crippen molar-refractivity contribution < 1.29 is 9.53 Å². The number of hydrogen-bond donors (Lipinski definition) is 1. The fourth-order valence-electron chi connectivity index (χ4n) is 5.47. The highest BCUT2D eigenvalue weighted by molar-refractivity contribution is 5.89. The number of nitrogens with zero attached hydrogens (tertiary/aromatic N) is 4. The molecule has 5 rings (SSSR count). The first-order chi connectivity index (χ1) is 14.3. The van der Waals surface area contributed by atoms with Gasteiger partial charge >= 0.3 is 5.97 Å². The van der Waals surface area contributed by atoms with Crippen molar-refractivity contribution in [2.45, 2.75) is 57.4 Å². The fourth-order valence-corrected chi connectivity index (χ4v) is 5.47. The van der Waals surface area contributed by atoms with Crippen LogP contribution in [0.5, 0.6) is 0 Å². The van der Waals surface area contributed by atoms with Gasteiger partial charge in [-0.25, -0.2) is 4.79 Å². The Morgan fingerprint density at radius 1 is 1.10 bits per heavy atom. The molecule has 1 aromatic carbocycles. The molecule has 7 nitrogen and oxygen atoms in total. The molecule has 0 amide bonds. The number of tetrazole rings is 1. The first-order valence-electron chi connectivity index (χ1n) is 10.7. The number of hydrogen-bond acceptors (Lipinski definition) is 6. The number of anilines is 1. The number of carbonyl (C=O) groups is 1. The zero-order valence-corrected chi connectivity index (χ0v) is 16.8. The Balaban J connectivity index is 1.54. The maximum atomic E-state index is 11.8. The first-order valence-corrected chi connectivity index (χ1v) is 10.7. The molecule has 1 saturated carbocycles. The van der Waals surface area contributed by atoms with Gasteiger partial charge in [-0.2, -0.15) is 4.68 Å². The van der Waals surface area contributed by atoms with Crippen molar-refractivity contribution >= 4 is 11.9 Å². The number of ether oxygens (including phenoxy) is 1. The molecule has 0 radical (unpaired) electrons. The molecule has 1 aliphatic heterocycles. The van der Waals surface area contributed by atoms with Gasteiger partial charge < -0.3 is 10.1 Å². The lowest BCUT2D eigenvalue weighted by molar-refractivity contribution is 0.0600. The largest absolute Gasteiger partial charge is 0.465 e. The molecule has 0 bridgehead atoms. The monoisotopic (exact) mass is 393 g/mol. The first kappa shape index (κ1) is 18.3. The third-order valence-electron chi connectivity index (χ3n) is 6.86. The third kappa shape index (κ3) is 3.22. The highest BCUT2D eigenvalue weighted by atomic mass is 16.5. The minimum atomic E-state index is -0.320. The summed E-state index contributed by atoms with van der Waals surface area (Å²) < 4.78 is 6.72. The van der Waals surface area contributed by atoms with E-state index in [1.165, 1.54) is 63.3 Å². The van der Waals surface area contributed by atoms with E-state index in [0.29, 0.717) is 17.4 Å². The van der Waals surface area contributed by atoms with Crippen LogP contribution < -0.4 is 5.32 Å². The van der Waals surface area contributed by atoms with Crippen LogP contribution in [0.2, 0.25) is 0 Å². The van der Waals surface area contributed by atoms with Gasteiger partial charge in [-0.15, -0.1) is 0 Å². The minimum absolute atomic E-state index is 0.0191. The maximum absolute atomic E-state index is 11.8. The zero-order chi connectivity index (χ0) is 19.8. The van der Waals surface area contributed by atoms with Crippen LogP contribution in [0.4, 0.5) is 5.95 Å². The number of rotatable bonds is 3. The van der Waals surface area contributed by atoms with E-state index in [1.54, 1.807) is 0 Å². The van der Waals surface area contributed by atoms with Crippen molar-refractivity contribution in [1.82, 2.24) is 20.2 Å². The summed E-state index contributed by atoms with van der Waals surface area (Å²) >= 11 is 0. The summed E-state index contributed by atoms with van der Waals surface area (Å²) in [5.74, 6) is 1.72. The summed E-state index contributed by atoms with van der Waals surface area (Å²) in [7, 11) is 1.40. The lowest BCUT2D eigenvalue weighted by Crippen LogP contribution is -2.34.